The van der Waals surface area contributed by atoms with E-state index in [2.05, 4.69) is 33.5 Å². The lowest BCUT2D eigenvalue weighted by Gasteiger charge is -2.31. The zero-order valence-corrected chi connectivity index (χ0v) is 19.9. The summed E-state index contributed by atoms with van der Waals surface area (Å²) in [6.07, 6.45) is 1.51. The molecule has 9 nitrogen and oxygen atoms in total. The van der Waals surface area contributed by atoms with Gasteiger partial charge in [-0.05, 0) is 35.9 Å². The molecular formula is C24H21BrN4O5. The van der Waals surface area contributed by atoms with Crippen LogP contribution in [0.5, 0.6) is 11.5 Å². The maximum atomic E-state index is 11.2. The molecule has 0 saturated carbocycles. The quantitative estimate of drug-likeness (QED) is 0.283. The minimum Gasteiger partial charge on any atom is -0.493 e. The maximum absolute atomic E-state index is 11.2. The summed E-state index contributed by atoms with van der Waals surface area (Å²) >= 11 is 3.84. The molecule has 10 heteroatoms. The molecule has 3 heterocycles. The Hall–Kier alpha value is -3.63. The standard InChI is InChI=1S/C24H21BrN4O5/c1-32-19-9-8-15(12-20(19)33-2)17-13-16(18-10-11-21(34-18)29(30)31)26-24-22(25)23(27-28(17)24)14-6-4-3-5-7-14/h3-13,22-24,27H,1-2H3. The molecule has 0 bridgehead atoms. The number of nitrogens with one attached hydrogen (secondary N) is 1. The summed E-state index contributed by atoms with van der Waals surface area (Å²) in [5, 5.41) is 13.2. The lowest BCUT2D eigenvalue weighted by Crippen LogP contribution is -2.39. The van der Waals surface area contributed by atoms with Gasteiger partial charge in [-0.3, -0.25) is 20.1 Å². The Labute approximate surface area is 203 Å². The molecule has 34 heavy (non-hydrogen) atoms. The van der Waals surface area contributed by atoms with Crippen LogP contribution >= 0.6 is 15.9 Å². The van der Waals surface area contributed by atoms with Gasteiger partial charge in [-0.15, -0.1) is 0 Å². The number of allylic oxidation sites excluding steroid dienone is 1. The Kier molecular flexibility index (Phi) is 5.84. The fourth-order valence-electron chi connectivity index (χ4n) is 4.17. The van der Waals surface area contributed by atoms with E-state index in [1.807, 2.05) is 47.5 Å². The monoisotopic (exact) mass is 524 g/mol. The van der Waals surface area contributed by atoms with Crippen LogP contribution in [-0.2, 0) is 0 Å². The Morgan fingerprint density at radius 3 is 2.53 bits per heavy atom. The van der Waals surface area contributed by atoms with E-state index in [1.165, 1.54) is 6.07 Å². The van der Waals surface area contributed by atoms with E-state index in [4.69, 9.17) is 18.9 Å². The van der Waals surface area contributed by atoms with Gasteiger partial charge >= 0.3 is 5.88 Å². The van der Waals surface area contributed by atoms with Crippen LogP contribution in [0.4, 0.5) is 5.88 Å². The molecule has 1 saturated heterocycles. The molecule has 2 aromatic carbocycles. The fraction of sp³-hybridized carbons (Fsp3) is 0.208. The number of benzene rings is 2. The highest BCUT2D eigenvalue weighted by atomic mass is 79.9. The van der Waals surface area contributed by atoms with E-state index in [-0.39, 0.29) is 22.9 Å². The van der Waals surface area contributed by atoms with E-state index < -0.39 is 4.92 Å². The summed E-state index contributed by atoms with van der Waals surface area (Å²) in [4.78, 5) is 15.4. The third-order valence-corrected chi connectivity index (χ3v) is 6.81. The highest BCUT2D eigenvalue weighted by Gasteiger charge is 2.44. The number of aliphatic imine (C=N–C) groups is 1. The Morgan fingerprint density at radius 2 is 1.85 bits per heavy atom. The molecule has 0 aliphatic carbocycles. The van der Waals surface area contributed by atoms with Gasteiger partial charge in [0.2, 0.25) is 0 Å². The van der Waals surface area contributed by atoms with Gasteiger partial charge in [0.1, 0.15) is 10.6 Å². The van der Waals surface area contributed by atoms with Crippen LogP contribution in [0.3, 0.4) is 0 Å². The summed E-state index contributed by atoms with van der Waals surface area (Å²) in [6, 6.07) is 18.6. The third kappa shape index (κ3) is 3.84. The molecule has 3 aromatic rings. The van der Waals surface area contributed by atoms with Crippen molar-refractivity contribution in [2.24, 2.45) is 4.99 Å². The summed E-state index contributed by atoms with van der Waals surface area (Å²) in [6.45, 7) is 0. The molecule has 0 radical (unpaired) electrons. The summed E-state index contributed by atoms with van der Waals surface area (Å²) in [5.74, 6) is 1.20. The second-order valence-corrected chi connectivity index (χ2v) is 8.81. The molecule has 3 unspecified atom stereocenters. The van der Waals surface area contributed by atoms with Gasteiger partial charge in [0.05, 0.1) is 36.9 Å². The first-order valence-corrected chi connectivity index (χ1v) is 11.4. The van der Waals surface area contributed by atoms with E-state index in [9.17, 15) is 10.1 Å². The molecule has 174 valence electrons. The van der Waals surface area contributed by atoms with Crippen LogP contribution in [0.1, 0.15) is 22.9 Å². The number of nitro groups is 1. The van der Waals surface area contributed by atoms with Gasteiger partial charge in [-0.1, -0.05) is 46.3 Å². The maximum Gasteiger partial charge on any atom is 0.433 e. The molecule has 1 N–H and O–H groups in total. The number of hydrazine groups is 1. The van der Waals surface area contributed by atoms with Gasteiger partial charge in [0.15, 0.2) is 23.4 Å². The van der Waals surface area contributed by atoms with Crippen molar-refractivity contribution in [2.45, 2.75) is 17.0 Å². The van der Waals surface area contributed by atoms with Gasteiger partial charge in [-0.2, -0.15) is 0 Å². The molecule has 0 spiro atoms. The Morgan fingerprint density at radius 1 is 1.09 bits per heavy atom. The van der Waals surface area contributed by atoms with Crippen LogP contribution in [-0.4, -0.2) is 40.9 Å². The SMILES string of the molecule is COc1ccc(C2=CC(c3ccc([N+](=O)[O-])o3)=NC3C(Br)C(c4ccccc4)NN23)cc1OC. The number of alkyl halides is 1. The van der Waals surface area contributed by atoms with E-state index in [0.717, 1.165) is 16.8 Å². The summed E-state index contributed by atoms with van der Waals surface area (Å²) in [5.41, 5.74) is 6.87. The highest BCUT2D eigenvalue weighted by molar-refractivity contribution is 9.09. The molecule has 3 atom stereocenters. The number of ether oxygens (including phenoxy) is 2. The van der Waals surface area contributed by atoms with Crippen molar-refractivity contribution in [3.63, 3.8) is 0 Å². The van der Waals surface area contributed by atoms with Crippen molar-refractivity contribution in [3.8, 4) is 11.5 Å². The first-order valence-electron chi connectivity index (χ1n) is 10.5. The van der Waals surface area contributed by atoms with Gasteiger partial charge in [-0.25, -0.2) is 5.43 Å². The highest BCUT2D eigenvalue weighted by Crippen LogP contribution is 2.42. The van der Waals surface area contributed by atoms with Crippen LogP contribution in [0.2, 0.25) is 0 Å². The van der Waals surface area contributed by atoms with Crippen LogP contribution in [0, 0.1) is 10.1 Å². The minimum absolute atomic E-state index is 0.0521. The molecule has 1 fully saturated rings. The number of hydrogen-bond donors (Lipinski definition) is 1. The van der Waals surface area contributed by atoms with Gasteiger partial charge in [0, 0.05) is 5.56 Å². The number of halogens is 1. The fourth-order valence-corrected chi connectivity index (χ4v) is 4.94. The minimum atomic E-state index is -0.562. The van der Waals surface area contributed by atoms with Crippen LogP contribution < -0.4 is 14.9 Å². The topological polar surface area (TPSA) is 102 Å². The van der Waals surface area contributed by atoms with Crippen molar-refractivity contribution in [1.82, 2.24) is 10.4 Å². The van der Waals surface area contributed by atoms with E-state index in [1.54, 1.807) is 20.3 Å². The largest absolute Gasteiger partial charge is 0.493 e. The Bertz CT molecular complexity index is 1290. The summed E-state index contributed by atoms with van der Waals surface area (Å²) in [7, 11) is 3.17. The smallest absolute Gasteiger partial charge is 0.433 e. The normalized spacial score (nSPS) is 21.5. The van der Waals surface area contributed by atoms with Gasteiger partial charge in [0.25, 0.3) is 0 Å². The zero-order chi connectivity index (χ0) is 23.8. The molecule has 1 aromatic heterocycles. The summed E-state index contributed by atoms with van der Waals surface area (Å²) < 4.78 is 16.4. The number of nitrogens with zero attached hydrogens (tertiary/aromatic N) is 3. The first-order chi connectivity index (χ1) is 16.5. The second kappa shape index (κ2) is 8.96. The number of rotatable bonds is 6. The predicted octanol–water partition coefficient (Wildman–Crippen LogP) is 4.70. The van der Waals surface area contributed by atoms with Crippen molar-refractivity contribution in [3.05, 3.63) is 93.7 Å². The van der Waals surface area contributed by atoms with E-state index in [0.29, 0.717) is 23.0 Å². The van der Waals surface area contributed by atoms with Crippen molar-refractivity contribution in [2.75, 3.05) is 14.2 Å². The number of fused-ring (bicyclic) bond motifs is 1. The number of methoxy groups -OCH3 is 2. The average Bonchev–Trinajstić information content (AvgIpc) is 3.49. The van der Waals surface area contributed by atoms with Crippen LogP contribution in [0.25, 0.3) is 5.70 Å². The molecular weight excluding hydrogens is 504 g/mol. The van der Waals surface area contributed by atoms with Crippen molar-refractivity contribution in [1.29, 1.82) is 0 Å². The van der Waals surface area contributed by atoms with E-state index >= 15 is 0 Å². The predicted molar refractivity (Wildman–Crippen MR) is 130 cm³/mol. The molecule has 2 aliphatic heterocycles. The van der Waals surface area contributed by atoms with Crippen LogP contribution in [0.15, 0.2) is 76.1 Å². The molecule has 5 rings (SSSR count). The first kappa shape index (κ1) is 22.2. The Balaban J connectivity index is 1.61. The van der Waals surface area contributed by atoms with Crippen molar-refractivity contribution >= 4 is 33.2 Å². The lowest BCUT2D eigenvalue weighted by molar-refractivity contribution is -0.402. The van der Waals surface area contributed by atoms with Gasteiger partial charge < -0.3 is 13.9 Å². The third-order valence-electron chi connectivity index (χ3n) is 5.81. The zero-order valence-electron chi connectivity index (χ0n) is 18.3. The van der Waals surface area contributed by atoms with Crippen molar-refractivity contribution < 1.29 is 18.8 Å². The molecule has 2 aliphatic rings. The second-order valence-electron chi connectivity index (χ2n) is 7.75. The number of furan rings is 1. The average molecular weight is 525 g/mol. The lowest BCUT2D eigenvalue weighted by atomic mass is 10.0. The number of hydrogen-bond acceptors (Lipinski definition) is 8. The molecule has 0 amide bonds.